The van der Waals surface area contributed by atoms with Gasteiger partial charge in [0.2, 0.25) is 0 Å². The van der Waals surface area contributed by atoms with Crippen LogP contribution >= 0.6 is 0 Å². The topological polar surface area (TPSA) is 25.5 Å². The third-order valence-electron chi connectivity index (χ3n) is 10.1. The Morgan fingerprint density at radius 2 is 0.900 bits per heavy atom. The van der Waals surface area contributed by atoms with Crippen LogP contribution in [0.25, 0.3) is 86.9 Å². The molecule has 0 bridgehead atoms. The molecule has 0 N–H and O–H groups in total. The Balaban J connectivity index is 1.01. The Hall–Kier alpha value is -6.51. The molecule has 0 amide bonds. The van der Waals surface area contributed by atoms with Crippen molar-refractivity contribution in [3.05, 3.63) is 181 Å². The van der Waals surface area contributed by atoms with E-state index in [0.717, 1.165) is 16.9 Å². The molecule has 0 unspecified atom stereocenters. The zero-order chi connectivity index (χ0) is 33.0. The van der Waals surface area contributed by atoms with Gasteiger partial charge in [-0.3, -0.25) is 4.99 Å². The number of rotatable bonds is 5. The largest absolute Gasteiger partial charge is 0.463 e. The molecule has 0 radical (unpaired) electrons. The third-order valence-corrected chi connectivity index (χ3v) is 10.1. The van der Waals surface area contributed by atoms with Gasteiger partial charge in [-0.15, -0.1) is 0 Å². The van der Waals surface area contributed by atoms with Gasteiger partial charge in [0.05, 0.1) is 19.0 Å². The summed E-state index contributed by atoms with van der Waals surface area (Å²) in [6.45, 7) is 0.554. The summed E-state index contributed by atoms with van der Waals surface area (Å²) >= 11 is 0. The fourth-order valence-electron chi connectivity index (χ4n) is 7.75. The van der Waals surface area contributed by atoms with Crippen LogP contribution in [0.15, 0.2) is 179 Å². The summed E-state index contributed by atoms with van der Waals surface area (Å²) in [4.78, 5) is 4.87. The summed E-state index contributed by atoms with van der Waals surface area (Å²) in [5, 5.41) is 14.9. The van der Waals surface area contributed by atoms with Crippen LogP contribution < -0.4 is 0 Å². The highest BCUT2D eigenvalue weighted by Crippen LogP contribution is 2.40. The van der Waals surface area contributed by atoms with Crippen molar-refractivity contribution >= 4 is 70.8 Å². The molecule has 0 saturated carbocycles. The molecule has 0 spiro atoms. The van der Waals surface area contributed by atoms with Crippen molar-refractivity contribution in [3.8, 4) is 22.3 Å². The Morgan fingerprint density at radius 1 is 0.400 bits per heavy atom. The van der Waals surface area contributed by atoms with E-state index in [9.17, 15) is 0 Å². The fraction of sp³-hybridized carbons (Fsp3) is 0.0208. The van der Waals surface area contributed by atoms with Gasteiger partial charge in [0, 0.05) is 11.1 Å². The lowest BCUT2D eigenvalue weighted by Crippen LogP contribution is -1.89. The van der Waals surface area contributed by atoms with Gasteiger partial charge in [-0.05, 0) is 130 Å². The van der Waals surface area contributed by atoms with Crippen molar-refractivity contribution in [3.63, 3.8) is 0 Å². The standard InChI is InChI=1S/C48H31NO/c1-3-13-34-26-45-39(21-32(34)11-1)23-36-15-5-7-18-43(36)47(45)38-17-9-10-31(20-38)28-49-29-42-25-41(30-50-42)48-44-19-8-6-16-37(44)24-40-22-33-12-2-4-14-35(33)27-46(40)48/h1-27,29-30H,28H2. The summed E-state index contributed by atoms with van der Waals surface area (Å²) < 4.78 is 6.12. The molecule has 10 aromatic rings. The summed E-state index contributed by atoms with van der Waals surface area (Å²) in [5.41, 5.74) is 5.86. The SMILES string of the molecule is C(=NCc1cccc(-c2c3ccccc3cc3cc4ccccc4cc23)c1)c1cc(-c2c3ccccc3cc3cc4ccccc4cc23)co1. The van der Waals surface area contributed by atoms with Gasteiger partial charge in [0.1, 0.15) is 5.76 Å². The van der Waals surface area contributed by atoms with Gasteiger partial charge in [-0.25, -0.2) is 0 Å². The van der Waals surface area contributed by atoms with E-state index in [0.29, 0.717) is 6.54 Å². The molecule has 0 fully saturated rings. The molecular weight excluding hydrogens is 607 g/mol. The molecule has 0 atom stereocenters. The van der Waals surface area contributed by atoms with Gasteiger partial charge >= 0.3 is 0 Å². The van der Waals surface area contributed by atoms with E-state index >= 15 is 0 Å². The van der Waals surface area contributed by atoms with E-state index in [1.54, 1.807) is 0 Å². The minimum Gasteiger partial charge on any atom is -0.463 e. The van der Waals surface area contributed by atoms with E-state index in [1.165, 1.54) is 81.3 Å². The Bertz CT molecular complexity index is 2950. The molecular formula is C48H31NO. The van der Waals surface area contributed by atoms with Gasteiger partial charge in [0.15, 0.2) is 0 Å². The molecule has 0 aliphatic carbocycles. The van der Waals surface area contributed by atoms with E-state index in [2.05, 4.69) is 164 Å². The van der Waals surface area contributed by atoms with Gasteiger partial charge in [-0.2, -0.15) is 0 Å². The monoisotopic (exact) mass is 637 g/mol. The Morgan fingerprint density at radius 3 is 1.50 bits per heavy atom. The predicted octanol–water partition coefficient (Wildman–Crippen LogP) is 13.2. The number of fused-ring (bicyclic) bond motifs is 6. The first-order valence-electron chi connectivity index (χ1n) is 17.1. The first-order chi connectivity index (χ1) is 24.7. The quantitative estimate of drug-likeness (QED) is 0.136. The molecule has 234 valence electrons. The maximum absolute atomic E-state index is 6.12. The van der Waals surface area contributed by atoms with E-state index in [-0.39, 0.29) is 0 Å². The maximum atomic E-state index is 6.12. The summed E-state index contributed by atoms with van der Waals surface area (Å²) in [5.74, 6) is 0.741. The fourth-order valence-corrected chi connectivity index (χ4v) is 7.75. The van der Waals surface area contributed by atoms with Crippen LogP contribution in [-0.4, -0.2) is 6.21 Å². The number of benzene rings is 9. The van der Waals surface area contributed by atoms with E-state index < -0.39 is 0 Å². The highest BCUT2D eigenvalue weighted by Gasteiger charge is 2.14. The molecule has 2 heteroatoms. The summed E-state index contributed by atoms with van der Waals surface area (Å²) in [6.07, 6.45) is 3.73. The average Bonchev–Trinajstić information content (AvgIpc) is 3.62. The minimum atomic E-state index is 0.554. The second-order valence-electron chi connectivity index (χ2n) is 13.2. The number of nitrogens with zero attached hydrogens (tertiary/aromatic N) is 1. The lowest BCUT2D eigenvalue weighted by molar-refractivity contribution is 0.560. The van der Waals surface area contributed by atoms with Crippen molar-refractivity contribution in [1.82, 2.24) is 0 Å². The number of hydrogen-bond acceptors (Lipinski definition) is 2. The van der Waals surface area contributed by atoms with Crippen LogP contribution in [0.2, 0.25) is 0 Å². The lowest BCUT2D eigenvalue weighted by atomic mass is 9.90. The molecule has 1 aromatic heterocycles. The average molecular weight is 638 g/mol. The van der Waals surface area contributed by atoms with E-state index in [1.807, 2.05) is 12.5 Å². The van der Waals surface area contributed by atoms with Crippen LogP contribution in [0.5, 0.6) is 0 Å². The van der Waals surface area contributed by atoms with E-state index in [4.69, 9.17) is 9.41 Å². The van der Waals surface area contributed by atoms with Crippen LogP contribution in [0, 0.1) is 0 Å². The van der Waals surface area contributed by atoms with Gasteiger partial charge in [-0.1, -0.05) is 115 Å². The second kappa shape index (κ2) is 11.6. The Labute approximate surface area is 289 Å². The highest BCUT2D eigenvalue weighted by atomic mass is 16.3. The highest BCUT2D eigenvalue weighted by molar-refractivity contribution is 6.17. The molecule has 50 heavy (non-hydrogen) atoms. The number of aliphatic imine (C=N–C) groups is 1. The third kappa shape index (κ3) is 4.84. The molecule has 0 aliphatic rings. The smallest absolute Gasteiger partial charge is 0.145 e. The molecule has 9 aromatic carbocycles. The second-order valence-corrected chi connectivity index (χ2v) is 13.2. The van der Waals surface area contributed by atoms with Crippen LogP contribution in [0.4, 0.5) is 0 Å². The number of hydrogen-bond donors (Lipinski definition) is 0. The minimum absolute atomic E-state index is 0.554. The van der Waals surface area contributed by atoms with Gasteiger partial charge < -0.3 is 4.42 Å². The van der Waals surface area contributed by atoms with Crippen molar-refractivity contribution in [2.75, 3.05) is 0 Å². The summed E-state index contributed by atoms with van der Waals surface area (Å²) in [6, 6.07) is 59.3. The predicted molar refractivity (Wildman–Crippen MR) is 212 cm³/mol. The maximum Gasteiger partial charge on any atom is 0.145 e. The van der Waals surface area contributed by atoms with Crippen LogP contribution in [0.1, 0.15) is 11.3 Å². The first kappa shape index (κ1) is 28.5. The van der Waals surface area contributed by atoms with Crippen LogP contribution in [0.3, 0.4) is 0 Å². The molecule has 2 nitrogen and oxygen atoms in total. The molecule has 0 saturated heterocycles. The van der Waals surface area contributed by atoms with Crippen molar-refractivity contribution in [1.29, 1.82) is 0 Å². The van der Waals surface area contributed by atoms with Crippen LogP contribution in [-0.2, 0) is 6.54 Å². The normalized spacial score (nSPS) is 12.0. The van der Waals surface area contributed by atoms with Crippen molar-refractivity contribution in [2.24, 2.45) is 4.99 Å². The zero-order valence-electron chi connectivity index (χ0n) is 27.3. The summed E-state index contributed by atoms with van der Waals surface area (Å²) in [7, 11) is 0. The van der Waals surface area contributed by atoms with Gasteiger partial charge in [0.25, 0.3) is 0 Å². The molecule has 0 aliphatic heterocycles. The molecule has 10 rings (SSSR count). The zero-order valence-corrected chi connectivity index (χ0v) is 27.3. The Kier molecular flexibility index (Phi) is 6.60. The first-order valence-corrected chi connectivity index (χ1v) is 17.1. The number of furan rings is 1. The van der Waals surface area contributed by atoms with Crippen molar-refractivity contribution < 1.29 is 4.42 Å². The lowest BCUT2D eigenvalue weighted by Gasteiger charge is -2.14. The molecule has 1 heterocycles. The van der Waals surface area contributed by atoms with Crippen molar-refractivity contribution in [2.45, 2.75) is 6.54 Å².